The molecule has 0 bridgehead atoms. The first-order chi connectivity index (χ1) is 12.6. The van der Waals surface area contributed by atoms with Gasteiger partial charge in [0.25, 0.3) is 5.91 Å². The molecule has 1 amide bonds. The van der Waals surface area contributed by atoms with Crippen LogP contribution in [0.15, 0.2) is 18.2 Å². The lowest BCUT2D eigenvalue weighted by molar-refractivity contribution is -0.124. The van der Waals surface area contributed by atoms with Crippen LogP contribution in [0.5, 0.6) is 0 Å². The second-order valence-corrected chi connectivity index (χ2v) is 8.11. The van der Waals surface area contributed by atoms with E-state index in [9.17, 15) is 4.79 Å². The number of likely N-dealkylation sites (tertiary alicyclic amines) is 1. The Morgan fingerprint density at radius 1 is 1.19 bits per heavy atom. The number of hydrogen-bond acceptors (Lipinski definition) is 4. The molecule has 1 aromatic rings. The first kappa shape index (κ1) is 17.8. The predicted molar refractivity (Wildman–Crippen MR) is 105 cm³/mol. The number of aryl methyl sites for hydroxylation is 1. The Balaban J connectivity index is 1.39. The van der Waals surface area contributed by atoms with Crippen LogP contribution >= 0.6 is 0 Å². The average Bonchev–Trinajstić information content (AvgIpc) is 3.36. The molecule has 5 nitrogen and oxygen atoms in total. The summed E-state index contributed by atoms with van der Waals surface area (Å²) in [6, 6.07) is 7.70. The van der Waals surface area contributed by atoms with Crippen LogP contribution in [0.25, 0.3) is 0 Å². The van der Waals surface area contributed by atoms with E-state index < -0.39 is 0 Å². The zero-order chi connectivity index (χ0) is 18.1. The van der Waals surface area contributed by atoms with E-state index in [1.54, 1.807) is 0 Å². The number of nitrogens with one attached hydrogen (secondary N) is 1. The quantitative estimate of drug-likeness (QED) is 0.899. The molecule has 3 atom stereocenters. The maximum absolute atomic E-state index is 12.2. The normalized spacial score (nSPS) is 29.5. The predicted octanol–water partition coefficient (Wildman–Crippen LogP) is 3.18. The molecule has 3 aliphatic heterocycles. The molecule has 3 heterocycles. The van der Waals surface area contributed by atoms with Crippen LogP contribution in [0, 0.1) is 6.92 Å². The molecule has 0 radical (unpaired) electrons. The maximum atomic E-state index is 12.2. The van der Waals surface area contributed by atoms with E-state index in [1.165, 1.54) is 37.1 Å². The zero-order valence-corrected chi connectivity index (χ0v) is 16.0. The fraction of sp³-hybridized carbons (Fsp3) is 0.667. The van der Waals surface area contributed by atoms with Gasteiger partial charge in [-0.05, 0) is 76.3 Å². The van der Waals surface area contributed by atoms with Gasteiger partial charge in [-0.3, -0.25) is 9.69 Å². The van der Waals surface area contributed by atoms with Crippen molar-refractivity contribution in [3.05, 3.63) is 23.8 Å². The average molecular weight is 357 g/mol. The summed E-state index contributed by atoms with van der Waals surface area (Å²) in [7, 11) is 0. The number of hydrogen-bond donors (Lipinski definition) is 1. The van der Waals surface area contributed by atoms with Gasteiger partial charge in [-0.2, -0.15) is 0 Å². The molecule has 3 aliphatic rings. The van der Waals surface area contributed by atoms with Crippen molar-refractivity contribution < 1.29 is 9.53 Å². The van der Waals surface area contributed by atoms with Gasteiger partial charge in [0.1, 0.15) is 6.10 Å². The maximum Gasteiger partial charge on any atom is 0.253 e. The molecular weight excluding hydrogens is 326 g/mol. The lowest BCUT2D eigenvalue weighted by Gasteiger charge is -2.29. The summed E-state index contributed by atoms with van der Waals surface area (Å²) in [4.78, 5) is 17.4. The van der Waals surface area contributed by atoms with E-state index in [2.05, 4.69) is 41.1 Å². The molecule has 0 aliphatic carbocycles. The number of carbonyl (C=O) groups is 1. The van der Waals surface area contributed by atoms with Crippen LogP contribution in [0.2, 0.25) is 0 Å². The third kappa shape index (κ3) is 3.60. The summed E-state index contributed by atoms with van der Waals surface area (Å²) >= 11 is 0. The van der Waals surface area contributed by atoms with Gasteiger partial charge in [-0.25, -0.2) is 0 Å². The van der Waals surface area contributed by atoms with Gasteiger partial charge < -0.3 is 15.0 Å². The molecule has 0 saturated carbocycles. The Labute approximate surface area is 156 Å². The number of ether oxygens (including phenoxy) is 1. The minimum atomic E-state index is -0.281. The molecule has 0 aromatic heterocycles. The Kier molecular flexibility index (Phi) is 5.18. The van der Waals surface area contributed by atoms with E-state index in [1.807, 2.05) is 6.07 Å². The van der Waals surface area contributed by atoms with Crippen LogP contribution in [0.3, 0.4) is 0 Å². The van der Waals surface area contributed by atoms with Crippen LogP contribution in [0.4, 0.5) is 11.4 Å². The molecule has 1 N–H and O–H groups in total. The van der Waals surface area contributed by atoms with Crippen molar-refractivity contribution in [1.29, 1.82) is 0 Å². The third-order valence-corrected chi connectivity index (χ3v) is 6.26. The highest BCUT2D eigenvalue weighted by atomic mass is 16.5. The topological polar surface area (TPSA) is 44.8 Å². The van der Waals surface area contributed by atoms with Crippen molar-refractivity contribution in [1.82, 2.24) is 4.90 Å². The SMILES string of the molecule is Cc1cc(NC(=O)C2CCCO2)ccc1N1CCC(N2CCCC2C)C1. The van der Waals surface area contributed by atoms with Gasteiger partial charge in [-0.1, -0.05) is 0 Å². The number of carbonyl (C=O) groups excluding carboxylic acids is 1. The molecule has 142 valence electrons. The van der Waals surface area contributed by atoms with Gasteiger partial charge in [0.05, 0.1) is 0 Å². The van der Waals surface area contributed by atoms with E-state index >= 15 is 0 Å². The van der Waals surface area contributed by atoms with Gasteiger partial charge in [0.15, 0.2) is 0 Å². The molecule has 3 saturated heterocycles. The van der Waals surface area contributed by atoms with Gasteiger partial charge >= 0.3 is 0 Å². The van der Waals surface area contributed by atoms with Gasteiger partial charge in [0, 0.05) is 43.2 Å². The van der Waals surface area contributed by atoms with Crippen molar-refractivity contribution in [2.24, 2.45) is 0 Å². The highest BCUT2D eigenvalue weighted by molar-refractivity contribution is 5.94. The zero-order valence-electron chi connectivity index (χ0n) is 16.0. The van der Waals surface area contributed by atoms with Crippen LogP contribution in [-0.4, -0.2) is 55.2 Å². The summed E-state index contributed by atoms with van der Waals surface area (Å²) < 4.78 is 5.47. The van der Waals surface area contributed by atoms with Crippen molar-refractivity contribution in [3.8, 4) is 0 Å². The molecule has 3 fully saturated rings. The summed E-state index contributed by atoms with van der Waals surface area (Å²) in [6.45, 7) is 8.70. The number of amides is 1. The monoisotopic (exact) mass is 357 g/mol. The minimum Gasteiger partial charge on any atom is -0.370 e. The van der Waals surface area contributed by atoms with E-state index in [-0.39, 0.29) is 12.0 Å². The summed E-state index contributed by atoms with van der Waals surface area (Å²) in [5, 5.41) is 3.01. The minimum absolute atomic E-state index is 0.0149. The number of benzene rings is 1. The van der Waals surface area contributed by atoms with E-state index in [0.29, 0.717) is 12.6 Å². The molecule has 1 aromatic carbocycles. The third-order valence-electron chi connectivity index (χ3n) is 6.26. The first-order valence-corrected chi connectivity index (χ1v) is 10.2. The lowest BCUT2D eigenvalue weighted by Crippen LogP contribution is -2.39. The fourth-order valence-corrected chi connectivity index (χ4v) is 4.82. The Morgan fingerprint density at radius 2 is 2.08 bits per heavy atom. The standard InChI is InChI=1S/C21H31N3O2/c1-15-13-17(22-21(25)20-6-4-12-26-20)7-8-19(15)23-11-9-18(14-23)24-10-3-5-16(24)2/h7-8,13,16,18,20H,3-6,9-12,14H2,1-2H3,(H,22,25). The van der Waals surface area contributed by atoms with Crippen molar-refractivity contribution in [2.75, 3.05) is 36.5 Å². The van der Waals surface area contributed by atoms with E-state index in [4.69, 9.17) is 4.74 Å². The Hall–Kier alpha value is -1.59. The van der Waals surface area contributed by atoms with E-state index in [0.717, 1.165) is 37.7 Å². The van der Waals surface area contributed by atoms with Crippen LogP contribution < -0.4 is 10.2 Å². The summed E-state index contributed by atoms with van der Waals surface area (Å²) in [6.07, 6.45) is 5.46. The first-order valence-electron chi connectivity index (χ1n) is 10.2. The largest absolute Gasteiger partial charge is 0.370 e. The summed E-state index contributed by atoms with van der Waals surface area (Å²) in [5.41, 5.74) is 3.40. The molecule has 26 heavy (non-hydrogen) atoms. The van der Waals surface area contributed by atoms with Gasteiger partial charge in [0.2, 0.25) is 0 Å². The van der Waals surface area contributed by atoms with Crippen molar-refractivity contribution >= 4 is 17.3 Å². The molecular formula is C21H31N3O2. The fourth-order valence-electron chi connectivity index (χ4n) is 4.82. The Morgan fingerprint density at radius 3 is 2.77 bits per heavy atom. The number of nitrogens with zero attached hydrogens (tertiary/aromatic N) is 2. The number of rotatable bonds is 4. The highest BCUT2D eigenvalue weighted by Crippen LogP contribution is 2.31. The van der Waals surface area contributed by atoms with Crippen LogP contribution in [-0.2, 0) is 9.53 Å². The highest BCUT2D eigenvalue weighted by Gasteiger charge is 2.33. The summed E-state index contributed by atoms with van der Waals surface area (Å²) in [5.74, 6) is -0.0149. The molecule has 4 rings (SSSR count). The Bertz CT molecular complexity index is 657. The second kappa shape index (κ2) is 7.57. The molecule has 3 unspecified atom stereocenters. The smallest absolute Gasteiger partial charge is 0.253 e. The van der Waals surface area contributed by atoms with Crippen molar-refractivity contribution in [2.45, 2.75) is 64.1 Å². The van der Waals surface area contributed by atoms with Crippen LogP contribution in [0.1, 0.15) is 44.6 Å². The second-order valence-electron chi connectivity index (χ2n) is 8.11. The van der Waals surface area contributed by atoms with Gasteiger partial charge in [-0.15, -0.1) is 0 Å². The lowest BCUT2D eigenvalue weighted by atomic mass is 10.1. The number of anilines is 2. The molecule has 5 heteroatoms. The molecule has 0 spiro atoms. The van der Waals surface area contributed by atoms with Crippen molar-refractivity contribution in [3.63, 3.8) is 0 Å².